The third kappa shape index (κ3) is 2.50. The number of phenolic OH excluding ortho intramolecular Hbond substituents is 1. The third-order valence-electron chi connectivity index (χ3n) is 2.06. The fourth-order valence-electron chi connectivity index (χ4n) is 1.26. The summed E-state index contributed by atoms with van der Waals surface area (Å²) in [5, 5.41) is 9.50. The zero-order chi connectivity index (χ0) is 10.5. The van der Waals surface area contributed by atoms with Gasteiger partial charge in [0.1, 0.15) is 18.1 Å². The highest BCUT2D eigenvalue weighted by Crippen LogP contribution is 2.18. The Morgan fingerprint density at radius 3 is 2.60 bits per heavy atom. The Kier molecular flexibility index (Phi) is 2.88. The highest BCUT2D eigenvalue weighted by molar-refractivity contribution is 5.31. The number of ether oxygens (including phenoxy) is 1. The summed E-state index contributed by atoms with van der Waals surface area (Å²) in [5.74, 6) is 0.939. The van der Waals surface area contributed by atoms with Gasteiger partial charge in [-0.05, 0) is 12.1 Å². The van der Waals surface area contributed by atoms with Gasteiger partial charge in [0.2, 0.25) is 0 Å². The molecule has 1 N–H and O–H groups in total. The average Bonchev–Trinajstić information content (AvgIpc) is 2.29. The number of hydrogen-bond donors (Lipinski definition) is 1. The van der Waals surface area contributed by atoms with E-state index in [-0.39, 0.29) is 5.75 Å². The Balaban J connectivity index is 2.03. The van der Waals surface area contributed by atoms with Crippen LogP contribution in [0.25, 0.3) is 0 Å². The van der Waals surface area contributed by atoms with Crippen molar-refractivity contribution in [2.45, 2.75) is 6.61 Å². The summed E-state index contributed by atoms with van der Waals surface area (Å²) in [6.07, 6.45) is 0. The van der Waals surface area contributed by atoms with E-state index < -0.39 is 0 Å². The summed E-state index contributed by atoms with van der Waals surface area (Å²) in [6.45, 7) is 0.354. The number of hydrogen-bond acceptors (Lipinski definition) is 2. The van der Waals surface area contributed by atoms with E-state index in [1.807, 2.05) is 30.3 Å². The molecule has 0 amide bonds. The molecule has 0 bridgehead atoms. The molecule has 1 radical (unpaired) electrons. The quantitative estimate of drug-likeness (QED) is 0.823. The van der Waals surface area contributed by atoms with Crippen molar-refractivity contribution < 1.29 is 9.84 Å². The van der Waals surface area contributed by atoms with E-state index in [2.05, 4.69) is 6.07 Å². The highest BCUT2D eigenvalue weighted by Gasteiger charge is 1.99. The first-order valence-electron chi connectivity index (χ1n) is 4.72. The van der Waals surface area contributed by atoms with E-state index in [0.29, 0.717) is 12.4 Å². The molecule has 2 heteroatoms. The summed E-state index contributed by atoms with van der Waals surface area (Å²) >= 11 is 0. The second kappa shape index (κ2) is 4.51. The van der Waals surface area contributed by atoms with Crippen molar-refractivity contribution in [3.63, 3.8) is 0 Å². The molecule has 15 heavy (non-hydrogen) atoms. The molecule has 0 fully saturated rings. The van der Waals surface area contributed by atoms with E-state index >= 15 is 0 Å². The van der Waals surface area contributed by atoms with Gasteiger partial charge in [-0.1, -0.05) is 36.4 Å². The molecule has 0 saturated carbocycles. The van der Waals surface area contributed by atoms with E-state index in [4.69, 9.17) is 4.74 Å². The topological polar surface area (TPSA) is 29.5 Å². The molecule has 2 aromatic carbocycles. The van der Waals surface area contributed by atoms with Crippen LogP contribution in [0.1, 0.15) is 5.56 Å². The summed E-state index contributed by atoms with van der Waals surface area (Å²) in [4.78, 5) is 0. The van der Waals surface area contributed by atoms with Gasteiger partial charge in [0, 0.05) is 11.6 Å². The second-order valence-electron chi connectivity index (χ2n) is 3.14. The van der Waals surface area contributed by atoms with Crippen LogP contribution in [0.2, 0.25) is 0 Å². The van der Waals surface area contributed by atoms with Gasteiger partial charge < -0.3 is 9.84 Å². The zero-order valence-electron chi connectivity index (χ0n) is 8.18. The maximum absolute atomic E-state index is 9.50. The molecular weight excluding hydrogens is 188 g/mol. The van der Waals surface area contributed by atoms with Gasteiger partial charge in [-0.2, -0.15) is 0 Å². The van der Waals surface area contributed by atoms with E-state index in [1.54, 1.807) is 18.2 Å². The fraction of sp³-hybridized carbons (Fsp3) is 0.0769. The smallest absolute Gasteiger partial charge is 0.127 e. The van der Waals surface area contributed by atoms with Crippen LogP contribution < -0.4 is 4.74 Å². The van der Waals surface area contributed by atoms with E-state index in [0.717, 1.165) is 5.56 Å². The summed E-state index contributed by atoms with van der Waals surface area (Å²) in [7, 11) is 0. The maximum Gasteiger partial charge on any atom is 0.127 e. The van der Waals surface area contributed by atoms with Gasteiger partial charge in [0.25, 0.3) is 0 Å². The van der Waals surface area contributed by atoms with E-state index in [1.165, 1.54) is 0 Å². The third-order valence-corrected chi connectivity index (χ3v) is 2.06. The van der Waals surface area contributed by atoms with Crippen LogP contribution in [0.5, 0.6) is 11.5 Å². The first-order valence-corrected chi connectivity index (χ1v) is 4.72. The minimum Gasteiger partial charge on any atom is -0.508 e. The first-order chi connectivity index (χ1) is 7.36. The van der Waals surface area contributed by atoms with Gasteiger partial charge in [0.15, 0.2) is 0 Å². The molecule has 0 saturated heterocycles. The molecule has 2 rings (SSSR count). The highest BCUT2D eigenvalue weighted by atomic mass is 16.5. The predicted octanol–water partition coefficient (Wildman–Crippen LogP) is 2.77. The van der Waals surface area contributed by atoms with Crippen LogP contribution in [-0.2, 0) is 6.61 Å². The standard InChI is InChI=1S/C13H11O2/c14-13-9-5-4-6-11(13)10-15-12-7-2-1-3-8-12/h1-7,9,14H,10H2. The number of benzene rings is 2. The molecule has 0 aliphatic rings. The lowest BCUT2D eigenvalue weighted by Crippen LogP contribution is -1.95. The molecule has 2 nitrogen and oxygen atoms in total. The number of aromatic hydroxyl groups is 1. The largest absolute Gasteiger partial charge is 0.508 e. The normalized spacial score (nSPS) is 9.87. The van der Waals surface area contributed by atoms with Crippen molar-refractivity contribution >= 4 is 0 Å². The molecule has 75 valence electrons. The molecule has 0 unspecified atom stereocenters. The van der Waals surface area contributed by atoms with E-state index in [9.17, 15) is 5.11 Å². The summed E-state index contributed by atoms with van der Waals surface area (Å²) < 4.78 is 5.46. The molecule has 0 aliphatic heterocycles. The SMILES string of the molecule is Oc1ccccc1COc1[c]cccc1. The average molecular weight is 199 g/mol. The minimum absolute atomic E-state index is 0.258. The lowest BCUT2D eigenvalue weighted by atomic mass is 10.2. The van der Waals surface area contributed by atoms with Crippen LogP contribution in [0, 0.1) is 6.07 Å². The first kappa shape index (κ1) is 9.59. The van der Waals surface area contributed by atoms with Gasteiger partial charge in [-0.3, -0.25) is 0 Å². The predicted molar refractivity (Wildman–Crippen MR) is 57.7 cm³/mol. The summed E-state index contributed by atoms with van der Waals surface area (Å²) in [5.41, 5.74) is 0.773. The van der Waals surface area contributed by atoms with Crippen molar-refractivity contribution in [2.24, 2.45) is 0 Å². The molecule has 0 spiro atoms. The molecule has 0 atom stereocenters. The Morgan fingerprint density at radius 1 is 1.07 bits per heavy atom. The number of para-hydroxylation sites is 2. The van der Waals surface area contributed by atoms with Crippen molar-refractivity contribution in [1.29, 1.82) is 0 Å². The monoisotopic (exact) mass is 199 g/mol. The van der Waals surface area contributed by atoms with Gasteiger partial charge in [0.05, 0.1) is 0 Å². The lowest BCUT2D eigenvalue weighted by molar-refractivity contribution is 0.298. The molecule has 0 aromatic heterocycles. The molecule has 0 heterocycles. The van der Waals surface area contributed by atoms with Gasteiger partial charge in [-0.25, -0.2) is 0 Å². The number of phenols is 1. The fourth-order valence-corrected chi connectivity index (χ4v) is 1.26. The molecule has 2 aromatic rings. The maximum atomic E-state index is 9.50. The number of rotatable bonds is 3. The van der Waals surface area contributed by atoms with Crippen LogP contribution in [0.4, 0.5) is 0 Å². The Labute approximate surface area is 88.8 Å². The van der Waals surface area contributed by atoms with Crippen LogP contribution >= 0.6 is 0 Å². The van der Waals surface area contributed by atoms with Crippen molar-refractivity contribution in [3.8, 4) is 11.5 Å². The van der Waals surface area contributed by atoms with Crippen LogP contribution in [-0.4, -0.2) is 5.11 Å². The van der Waals surface area contributed by atoms with Gasteiger partial charge in [-0.15, -0.1) is 0 Å². The van der Waals surface area contributed by atoms with Gasteiger partial charge >= 0.3 is 0 Å². The van der Waals surface area contributed by atoms with Crippen LogP contribution in [0.3, 0.4) is 0 Å². The van der Waals surface area contributed by atoms with Crippen molar-refractivity contribution in [3.05, 3.63) is 60.2 Å². The zero-order valence-corrected chi connectivity index (χ0v) is 8.18. The second-order valence-corrected chi connectivity index (χ2v) is 3.14. The Hall–Kier alpha value is -1.96. The van der Waals surface area contributed by atoms with Crippen molar-refractivity contribution in [1.82, 2.24) is 0 Å². The lowest BCUT2D eigenvalue weighted by Gasteiger charge is -2.06. The summed E-state index contributed by atoms with van der Waals surface area (Å²) in [6, 6.07) is 17.5. The molecule has 0 aliphatic carbocycles. The van der Waals surface area contributed by atoms with Crippen LogP contribution in [0.15, 0.2) is 48.5 Å². The Morgan fingerprint density at radius 2 is 1.87 bits per heavy atom. The minimum atomic E-state index is 0.258. The van der Waals surface area contributed by atoms with Crippen molar-refractivity contribution in [2.75, 3.05) is 0 Å². The Bertz CT molecular complexity index is 424. The molecular formula is C13H11O2.